The van der Waals surface area contributed by atoms with Gasteiger partial charge in [0.1, 0.15) is 0 Å². The summed E-state index contributed by atoms with van der Waals surface area (Å²) >= 11 is -3.66. The van der Waals surface area contributed by atoms with E-state index >= 15 is 0 Å². The second-order valence-corrected chi connectivity index (χ2v) is 15.9. The van der Waals surface area contributed by atoms with Crippen LogP contribution in [0.1, 0.15) is 29.5 Å². The first-order valence-electron chi connectivity index (χ1n) is 9.13. The molecule has 2 atom stereocenters. The summed E-state index contributed by atoms with van der Waals surface area (Å²) in [5, 5.41) is 0. The van der Waals surface area contributed by atoms with E-state index in [9.17, 15) is 3.29 Å². The van der Waals surface area contributed by atoms with E-state index in [1.165, 1.54) is 25.5 Å². The van der Waals surface area contributed by atoms with Gasteiger partial charge in [-0.3, -0.25) is 0 Å². The minimum absolute atomic E-state index is 0. The molecule has 1 N–H and O–H groups in total. The van der Waals surface area contributed by atoms with Crippen molar-refractivity contribution in [2.75, 3.05) is 0 Å². The van der Waals surface area contributed by atoms with Gasteiger partial charge >= 0.3 is 159 Å². The summed E-state index contributed by atoms with van der Waals surface area (Å²) in [6.07, 6.45) is 9.09. The molecule has 0 saturated heterocycles. The molecule has 0 aromatic heterocycles. The van der Waals surface area contributed by atoms with Gasteiger partial charge in [-0.15, -0.1) is 24.8 Å². The van der Waals surface area contributed by atoms with Crippen molar-refractivity contribution < 1.29 is 20.1 Å². The summed E-state index contributed by atoms with van der Waals surface area (Å²) in [7, 11) is 0. The molecule has 3 aromatic carbocycles. The van der Waals surface area contributed by atoms with E-state index in [1.54, 1.807) is 0 Å². The van der Waals surface area contributed by atoms with Crippen LogP contribution in [-0.4, -0.2) is 0 Å². The Balaban J connectivity index is 0.00000112. The third-order valence-electron chi connectivity index (χ3n) is 5.83. The van der Waals surface area contributed by atoms with Crippen LogP contribution in [0.5, 0.6) is 0 Å². The number of halogens is 2. The van der Waals surface area contributed by atoms with Crippen molar-refractivity contribution in [1.29, 1.82) is 3.29 Å². The van der Waals surface area contributed by atoms with E-state index in [2.05, 4.69) is 103 Å². The maximum absolute atomic E-state index is 10.0. The molecule has 0 amide bonds. The molecule has 0 radical (unpaired) electrons. The Kier molecular flexibility index (Phi) is 6.35. The number of allylic oxidation sites excluding steroid dienone is 2. The third-order valence-corrected chi connectivity index (χ3v) is 16.3. The first kappa shape index (κ1) is 21.1. The van der Waals surface area contributed by atoms with Crippen molar-refractivity contribution in [3.8, 4) is 0 Å². The average Bonchev–Trinajstić information content (AvgIpc) is 3.33. The fourth-order valence-corrected chi connectivity index (χ4v) is 14.8. The van der Waals surface area contributed by atoms with Gasteiger partial charge in [0.05, 0.1) is 0 Å². The first-order valence-corrected chi connectivity index (χ1v) is 14.4. The number of benzene rings is 3. The quantitative estimate of drug-likeness (QED) is 0.431. The van der Waals surface area contributed by atoms with Crippen LogP contribution in [0.15, 0.2) is 91.0 Å². The maximum atomic E-state index is 10.0. The van der Waals surface area contributed by atoms with Crippen molar-refractivity contribution in [2.24, 2.45) is 0 Å². The van der Waals surface area contributed by atoms with E-state index < -0.39 is 20.1 Å². The molecule has 2 aliphatic carbocycles. The van der Waals surface area contributed by atoms with Gasteiger partial charge in [-0.1, -0.05) is 0 Å². The summed E-state index contributed by atoms with van der Waals surface area (Å²) < 4.78 is 11.8. The first-order chi connectivity index (χ1) is 12.8. The zero-order valence-electron chi connectivity index (χ0n) is 15.3. The molecule has 28 heavy (non-hydrogen) atoms. The fraction of sp³-hybridized carbons (Fsp3) is 0.0833. The summed E-state index contributed by atoms with van der Waals surface area (Å²) in [6, 6.07) is 27.9. The Bertz CT molecular complexity index is 1020. The molecule has 0 aliphatic heterocycles. The van der Waals surface area contributed by atoms with E-state index in [4.69, 9.17) is 0 Å². The normalized spacial score (nSPS) is 20.4. The molecule has 0 bridgehead atoms. The van der Waals surface area contributed by atoms with E-state index in [0.29, 0.717) is 0 Å². The molecule has 1 nitrogen and oxygen atoms in total. The van der Waals surface area contributed by atoms with Crippen LogP contribution in [0.4, 0.5) is 0 Å². The summed E-state index contributed by atoms with van der Waals surface area (Å²) in [5.41, 5.74) is 5.27. The molecular weight excluding hydrogens is 464 g/mol. The fourth-order valence-electron chi connectivity index (χ4n) is 4.56. The predicted molar refractivity (Wildman–Crippen MR) is 120 cm³/mol. The molecule has 4 heteroatoms. The molecule has 0 spiro atoms. The number of hydrogen-bond donors (Lipinski definition) is 1. The van der Waals surface area contributed by atoms with Crippen molar-refractivity contribution in [1.82, 2.24) is 0 Å². The Labute approximate surface area is 183 Å². The molecule has 2 unspecified atom stereocenters. The van der Waals surface area contributed by atoms with E-state index in [-0.39, 0.29) is 32.1 Å². The number of nitrogens with one attached hydrogen (secondary N) is 1. The van der Waals surface area contributed by atoms with Gasteiger partial charge in [0.2, 0.25) is 0 Å². The monoisotopic (exact) mass is 484 g/mol. The van der Waals surface area contributed by atoms with Crippen molar-refractivity contribution in [2.45, 2.75) is 7.25 Å². The van der Waals surface area contributed by atoms with E-state index in [0.717, 1.165) is 0 Å². The van der Waals surface area contributed by atoms with Crippen LogP contribution in [-0.2, 0) is 20.1 Å². The molecule has 141 valence electrons. The topological polar surface area (TPSA) is 23.9 Å². The molecule has 0 saturated carbocycles. The number of rotatable bonds is 3. The zero-order chi connectivity index (χ0) is 17.6. The number of hydrogen-bond acceptors (Lipinski definition) is 1. The summed E-state index contributed by atoms with van der Waals surface area (Å²) in [5.74, 6) is 0. The zero-order valence-corrected chi connectivity index (χ0v) is 19.4. The summed E-state index contributed by atoms with van der Waals surface area (Å²) in [6.45, 7) is 0. The van der Waals surface area contributed by atoms with Gasteiger partial charge in [-0.25, -0.2) is 0 Å². The Hall–Kier alpha value is -1.60. The van der Waals surface area contributed by atoms with Gasteiger partial charge in [0, 0.05) is 0 Å². The van der Waals surface area contributed by atoms with Crippen LogP contribution >= 0.6 is 24.8 Å². The SMILES string of the molecule is Cl.Cl.[NH]=[Zr]([c]1ccccc1)([CH]1C=Cc2ccccc21)[CH]1C=Cc2ccccc21. The molecule has 0 fully saturated rings. The summed E-state index contributed by atoms with van der Waals surface area (Å²) in [4.78, 5) is 0. The minimum atomic E-state index is -3.66. The Morgan fingerprint density at radius 3 is 1.50 bits per heavy atom. The average molecular weight is 487 g/mol. The van der Waals surface area contributed by atoms with Crippen LogP contribution in [0.2, 0.25) is 0 Å². The van der Waals surface area contributed by atoms with Crippen LogP contribution in [0, 0.1) is 3.29 Å². The van der Waals surface area contributed by atoms with Gasteiger partial charge < -0.3 is 0 Å². The van der Waals surface area contributed by atoms with Crippen LogP contribution < -0.4 is 3.27 Å². The van der Waals surface area contributed by atoms with Crippen LogP contribution in [0.3, 0.4) is 0 Å². The third kappa shape index (κ3) is 3.22. The van der Waals surface area contributed by atoms with Crippen molar-refractivity contribution in [3.63, 3.8) is 0 Å². The molecule has 2 aliphatic rings. The van der Waals surface area contributed by atoms with E-state index in [1.807, 2.05) is 0 Å². The van der Waals surface area contributed by atoms with Crippen molar-refractivity contribution >= 4 is 40.2 Å². The molecule has 0 heterocycles. The van der Waals surface area contributed by atoms with Gasteiger partial charge in [0.15, 0.2) is 0 Å². The predicted octanol–water partition coefficient (Wildman–Crippen LogP) is 6.61. The second-order valence-electron chi connectivity index (χ2n) is 7.17. The van der Waals surface area contributed by atoms with Gasteiger partial charge in [0.25, 0.3) is 0 Å². The number of fused-ring (bicyclic) bond motifs is 2. The standard InChI is InChI=1S/2C9H7.C6H5.2ClH.HN.Zr/c2*1-2-5-9-7-3-6-8(9)4-1;1-2-4-6-5-3-1;;;;/h2*1-7H;1-5H;3*1H;. The van der Waals surface area contributed by atoms with Gasteiger partial charge in [-0.05, 0) is 0 Å². The van der Waals surface area contributed by atoms with Crippen molar-refractivity contribution in [3.05, 3.63) is 113 Å². The second kappa shape index (κ2) is 8.41. The Morgan fingerprint density at radius 2 is 1.00 bits per heavy atom. The molecule has 5 rings (SSSR count). The Morgan fingerprint density at radius 1 is 0.571 bits per heavy atom. The molecular formula is C24H22Cl2NZr. The van der Waals surface area contributed by atoms with Gasteiger partial charge in [-0.2, -0.15) is 0 Å². The molecule has 3 aromatic rings. The van der Waals surface area contributed by atoms with Crippen LogP contribution in [0.25, 0.3) is 12.2 Å².